The highest BCUT2D eigenvalue weighted by atomic mass is 32.1. The third kappa shape index (κ3) is 5.07. The van der Waals surface area contributed by atoms with Crippen molar-refractivity contribution >= 4 is 22.2 Å². The molecule has 0 amide bonds. The van der Waals surface area contributed by atoms with Gasteiger partial charge in [0, 0.05) is 29.4 Å². The zero-order valence-electron chi connectivity index (χ0n) is 15.0. The lowest BCUT2D eigenvalue weighted by Crippen LogP contribution is -2.24. The quantitative estimate of drug-likeness (QED) is 0.528. The number of phenolic OH excluding ortho intramolecular Hbond substituents is 1. The van der Waals surface area contributed by atoms with E-state index in [2.05, 4.69) is 34.3 Å². The summed E-state index contributed by atoms with van der Waals surface area (Å²) in [6.45, 7) is 5.31. The highest BCUT2D eigenvalue weighted by Gasteiger charge is 2.05. The molecule has 1 N–H and O–H groups in total. The van der Waals surface area contributed by atoms with Crippen molar-refractivity contribution in [1.82, 2.24) is 9.88 Å². The molecule has 0 fully saturated rings. The molecular formula is C21H24N2O2S. The molecule has 1 aromatic carbocycles. The molecule has 0 atom stereocenters. The van der Waals surface area contributed by atoms with E-state index in [-0.39, 0.29) is 5.75 Å². The maximum Gasteiger partial charge on any atom is 0.219 e. The highest BCUT2D eigenvalue weighted by molar-refractivity contribution is 7.09. The molecule has 0 radical (unpaired) electrons. The van der Waals surface area contributed by atoms with Gasteiger partial charge in [0.2, 0.25) is 5.88 Å². The van der Waals surface area contributed by atoms with Crippen molar-refractivity contribution in [2.24, 2.45) is 0 Å². The number of phenols is 1. The molecule has 0 bridgehead atoms. The molecule has 0 saturated carbocycles. The molecule has 0 aliphatic carbocycles. The van der Waals surface area contributed by atoms with Crippen molar-refractivity contribution in [3.05, 3.63) is 65.1 Å². The van der Waals surface area contributed by atoms with Gasteiger partial charge in [0.15, 0.2) is 0 Å². The van der Waals surface area contributed by atoms with E-state index in [4.69, 9.17) is 4.74 Å². The van der Waals surface area contributed by atoms with E-state index >= 15 is 0 Å². The van der Waals surface area contributed by atoms with E-state index < -0.39 is 0 Å². The summed E-state index contributed by atoms with van der Waals surface area (Å²) in [5.74, 6) is 0.653. The van der Waals surface area contributed by atoms with Gasteiger partial charge in [-0.3, -0.25) is 4.90 Å². The van der Waals surface area contributed by atoms with Crippen LogP contribution in [-0.4, -0.2) is 28.1 Å². The Balaban J connectivity index is 1.51. The number of para-hydroxylation sites is 1. The first-order valence-corrected chi connectivity index (χ1v) is 9.79. The normalized spacial score (nSPS) is 11.6. The first-order chi connectivity index (χ1) is 12.8. The summed E-state index contributed by atoms with van der Waals surface area (Å²) < 4.78 is 5.60. The summed E-state index contributed by atoms with van der Waals surface area (Å²) >= 11 is 1.81. The van der Waals surface area contributed by atoms with E-state index in [0.29, 0.717) is 11.4 Å². The lowest BCUT2D eigenvalue weighted by atomic mass is 10.2. The van der Waals surface area contributed by atoms with Gasteiger partial charge in [-0.1, -0.05) is 25.1 Å². The van der Waals surface area contributed by atoms with Gasteiger partial charge in [-0.15, -0.1) is 11.3 Å². The molecule has 26 heavy (non-hydrogen) atoms. The van der Waals surface area contributed by atoms with Gasteiger partial charge >= 0.3 is 0 Å². The molecule has 0 aliphatic rings. The van der Waals surface area contributed by atoms with Gasteiger partial charge in [0.05, 0.1) is 6.26 Å². The lowest BCUT2D eigenvalue weighted by molar-refractivity contribution is 0.273. The van der Waals surface area contributed by atoms with Crippen LogP contribution in [-0.2, 0) is 6.54 Å². The SMILES string of the molecule is CCCN(CC/C=C/Oc1ccc2cccc(O)c2n1)Cc1cccs1. The van der Waals surface area contributed by atoms with Crippen molar-refractivity contribution in [1.29, 1.82) is 0 Å². The molecule has 136 valence electrons. The van der Waals surface area contributed by atoms with Gasteiger partial charge in [-0.2, -0.15) is 0 Å². The lowest BCUT2D eigenvalue weighted by Gasteiger charge is -2.19. The van der Waals surface area contributed by atoms with Gasteiger partial charge in [0.25, 0.3) is 0 Å². The fourth-order valence-electron chi connectivity index (χ4n) is 2.83. The third-order valence-corrected chi connectivity index (χ3v) is 4.93. The van der Waals surface area contributed by atoms with Crippen LogP contribution < -0.4 is 4.74 Å². The van der Waals surface area contributed by atoms with E-state index in [9.17, 15) is 5.11 Å². The van der Waals surface area contributed by atoms with Crippen LogP contribution in [0.25, 0.3) is 10.9 Å². The predicted molar refractivity (Wildman–Crippen MR) is 108 cm³/mol. The molecule has 0 spiro atoms. The summed E-state index contributed by atoms with van der Waals surface area (Å²) in [7, 11) is 0. The van der Waals surface area contributed by atoms with Crippen LogP contribution >= 0.6 is 11.3 Å². The first-order valence-electron chi connectivity index (χ1n) is 8.91. The van der Waals surface area contributed by atoms with Crippen LogP contribution in [0.1, 0.15) is 24.6 Å². The fraction of sp³-hybridized carbons (Fsp3) is 0.286. The molecule has 0 aliphatic heterocycles. The maximum atomic E-state index is 9.88. The minimum absolute atomic E-state index is 0.167. The Kier molecular flexibility index (Phi) is 6.63. The standard InChI is InChI=1S/C21H24N2O2S/c1-2-12-23(16-18-8-6-15-26-18)13-3-4-14-25-20-11-10-17-7-5-9-19(24)21(17)22-20/h4-11,14-15,24H,2-3,12-13,16H2,1H3/b14-4+. The number of thiophene rings is 1. The fourth-order valence-corrected chi connectivity index (χ4v) is 3.58. The zero-order chi connectivity index (χ0) is 18.2. The topological polar surface area (TPSA) is 45.6 Å². The number of fused-ring (bicyclic) bond motifs is 1. The third-order valence-electron chi connectivity index (χ3n) is 4.07. The number of rotatable bonds is 9. The number of aromatic nitrogens is 1. The van der Waals surface area contributed by atoms with E-state index in [0.717, 1.165) is 37.9 Å². The molecule has 2 heterocycles. The number of nitrogens with zero attached hydrogens (tertiary/aromatic N) is 2. The number of hydrogen-bond acceptors (Lipinski definition) is 5. The Hall–Kier alpha value is -2.37. The summed E-state index contributed by atoms with van der Waals surface area (Å²) in [6, 6.07) is 13.3. The summed E-state index contributed by atoms with van der Waals surface area (Å²) in [6.07, 6.45) is 5.78. The molecule has 3 rings (SSSR count). The van der Waals surface area contributed by atoms with Gasteiger partial charge in [0.1, 0.15) is 11.3 Å². The van der Waals surface area contributed by atoms with E-state index in [1.165, 1.54) is 4.88 Å². The number of ether oxygens (including phenoxy) is 1. The Morgan fingerprint density at radius 2 is 2.08 bits per heavy atom. The number of pyridine rings is 1. The van der Waals surface area contributed by atoms with Crippen LogP contribution in [0.4, 0.5) is 0 Å². The largest absolute Gasteiger partial charge is 0.506 e. The van der Waals surface area contributed by atoms with Gasteiger partial charge in [-0.05, 0) is 49.0 Å². The molecule has 0 unspecified atom stereocenters. The second kappa shape index (κ2) is 9.36. The second-order valence-electron chi connectivity index (χ2n) is 6.13. The monoisotopic (exact) mass is 368 g/mol. The van der Waals surface area contributed by atoms with Crippen molar-refractivity contribution in [2.45, 2.75) is 26.3 Å². The average Bonchev–Trinajstić information content (AvgIpc) is 3.15. The number of benzene rings is 1. The van der Waals surface area contributed by atoms with Crippen LogP contribution in [0.5, 0.6) is 11.6 Å². The van der Waals surface area contributed by atoms with Crippen LogP contribution in [0, 0.1) is 0 Å². The molecule has 2 aromatic heterocycles. The number of aromatic hydroxyl groups is 1. The molecule has 4 nitrogen and oxygen atoms in total. The Morgan fingerprint density at radius 3 is 2.88 bits per heavy atom. The highest BCUT2D eigenvalue weighted by Crippen LogP contribution is 2.24. The average molecular weight is 369 g/mol. The van der Waals surface area contributed by atoms with Crippen molar-refractivity contribution < 1.29 is 9.84 Å². The summed E-state index contributed by atoms with van der Waals surface area (Å²) in [5, 5.41) is 12.9. The minimum Gasteiger partial charge on any atom is -0.506 e. The van der Waals surface area contributed by atoms with Gasteiger partial charge in [-0.25, -0.2) is 4.98 Å². The Bertz CT molecular complexity index is 846. The second-order valence-corrected chi connectivity index (χ2v) is 7.16. The molecular weight excluding hydrogens is 344 g/mol. The van der Waals surface area contributed by atoms with E-state index in [1.807, 2.05) is 35.6 Å². The van der Waals surface area contributed by atoms with Crippen molar-refractivity contribution in [3.8, 4) is 11.6 Å². The summed E-state index contributed by atoms with van der Waals surface area (Å²) in [5.41, 5.74) is 0.559. The molecule has 5 heteroatoms. The van der Waals surface area contributed by atoms with Crippen molar-refractivity contribution in [2.75, 3.05) is 13.1 Å². The first kappa shape index (κ1) is 18.4. The summed E-state index contributed by atoms with van der Waals surface area (Å²) in [4.78, 5) is 8.22. The van der Waals surface area contributed by atoms with Crippen LogP contribution in [0.3, 0.4) is 0 Å². The van der Waals surface area contributed by atoms with Crippen LogP contribution in [0.15, 0.2) is 60.2 Å². The Morgan fingerprint density at radius 1 is 1.15 bits per heavy atom. The predicted octanol–water partition coefficient (Wildman–Crippen LogP) is 5.20. The van der Waals surface area contributed by atoms with E-state index in [1.54, 1.807) is 18.4 Å². The van der Waals surface area contributed by atoms with Gasteiger partial charge < -0.3 is 9.84 Å². The molecule has 3 aromatic rings. The smallest absolute Gasteiger partial charge is 0.219 e. The maximum absolute atomic E-state index is 9.88. The number of hydrogen-bond donors (Lipinski definition) is 1. The molecule has 0 saturated heterocycles. The minimum atomic E-state index is 0.167. The van der Waals surface area contributed by atoms with Crippen LogP contribution in [0.2, 0.25) is 0 Å². The van der Waals surface area contributed by atoms with Crippen molar-refractivity contribution in [3.63, 3.8) is 0 Å². The zero-order valence-corrected chi connectivity index (χ0v) is 15.8. The Labute approximate surface area is 158 Å².